The molecule has 1 aromatic heterocycles. The third-order valence-electron chi connectivity index (χ3n) is 3.82. The number of aryl methyl sites for hydroxylation is 1. The number of hydrogen-bond acceptors (Lipinski definition) is 3. The predicted molar refractivity (Wildman–Crippen MR) is 91.0 cm³/mol. The van der Waals surface area contributed by atoms with Crippen LogP contribution in [0.15, 0.2) is 30.3 Å². The van der Waals surface area contributed by atoms with Crippen LogP contribution >= 0.6 is 11.6 Å². The van der Waals surface area contributed by atoms with E-state index in [1.165, 1.54) is 0 Å². The summed E-state index contributed by atoms with van der Waals surface area (Å²) in [5, 5.41) is 10.0. The van der Waals surface area contributed by atoms with E-state index in [2.05, 4.69) is 15.7 Å². The highest BCUT2D eigenvalue weighted by atomic mass is 35.5. The van der Waals surface area contributed by atoms with Gasteiger partial charge in [-0.05, 0) is 25.3 Å². The average molecular weight is 347 g/mol. The zero-order chi connectivity index (χ0) is 17.1. The van der Waals surface area contributed by atoms with E-state index >= 15 is 0 Å². The van der Waals surface area contributed by atoms with E-state index in [1.807, 2.05) is 30.3 Å². The molecule has 1 fully saturated rings. The third-order valence-corrected chi connectivity index (χ3v) is 4.20. The van der Waals surface area contributed by atoms with Crippen LogP contribution in [0.25, 0.3) is 0 Å². The molecule has 6 nitrogen and oxygen atoms in total. The van der Waals surface area contributed by atoms with Crippen LogP contribution in [0.3, 0.4) is 0 Å². The van der Waals surface area contributed by atoms with Gasteiger partial charge in [-0.1, -0.05) is 41.9 Å². The van der Waals surface area contributed by atoms with Crippen molar-refractivity contribution in [2.45, 2.75) is 32.4 Å². The van der Waals surface area contributed by atoms with Gasteiger partial charge in [0.05, 0.1) is 24.3 Å². The molecule has 1 heterocycles. The van der Waals surface area contributed by atoms with Gasteiger partial charge < -0.3 is 10.6 Å². The van der Waals surface area contributed by atoms with Gasteiger partial charge in [0.1, 0.15) is 5.15 Å². The molecule has 1 aliphatic carbocycles. The van der Waals surface area contributed by atoms with E-state index in [0.29, 0.717) is 17.8 Å². The van der Waals surface area contributed by atoms with Gasteiger partial charge in [-0.15, -0.1) is 0 Å². The number of hydrogen-bond donors (Lipinski definition) is 2. The summed E-state index contributed by atoms with van der Waals surface area (Å²) in [7, 11) is 0. The van der Waals surface area contributed by atoms with E-state index < -0.39 is 0 Å². The lowest BCUT2D eigenvalue weighted by Gasteiger charge is -2.06. The van der Waals surface area contributed by atoms with Gasteiger partial charge in [0, 0.05) is 6.04 Å². The molecule has 7 heteroatoms. The van der Waals surface area contributed by atoms with Gasteiger partial charge in [-0.25, -0.2) is 4.68 Å². The monoisotopic (exact) mass is 346 g/mol. The largest absolute Gasteiger partial charge is 0.352 e. The van der Waals surface area contributed by atoms with E-state index in [0.717, 1.165) is 18.4 Å². The van der Waals surface area contributed by atoms with Gasteiger partial charge in [-0.2, -0.15) is 5.10 Å². The lowest BCUT2D eigenvalue weighted by Crippen LogP contribution is -2.38. The van der Waals surface area contributed by atoms with Crippen molar-refractivity contribution in [2.24, 2.45) is 0 Å². The molecule has 1 aliphatic rings. The van der Waals surface area contributed by atoms with Crippen LogP contribution < -0.4 is 10.6 Å². The molecule has 126 valence electrons. The molecular weight excluding hydrogens is 328 g/mol. The SMILES string of the molecule is Cc1nn(Cc2ccccc2)c(Cl)c1C(=O)NCC(=O)NC1CC1. The smallest absolute Gasteiger partial charge is 0.256 e. The summed E-state index contributed by atoms with van der Waals surface area (Å²) < 4.78 is 1.59. The number of rotatable bonds is 6. The van der Waals surface area contributed by atoms with Gasteiger partial charge in [0.25, 0.3) is 5.91 Å². The second-order valence-corrected chi connectivity index (χ2v) is 6.28. The van der Waals surface area contributed by atoms with Crippen molar-refractivity contribution in [3.63, 3.8) is 0 Å². The maximum Gasteiger partial charge on any atom is 0.256 e. The van der Waals surface area contributed by atoms with Crippen molar-refractivity contribution in [1.82, 2.24) is 20.4 Å². The van der Waals surface area contributed by atoms with Crippen molar-refractivity contribution in [1.29, 1.82) is 0 Å². The standard InChI is InChI=1S/C17H19ClN4O2/c1-11-15(17(24)19-9-14(23)20-13-7-8-13)16(18)22(21-11)10-12-5-3-2-4-6-12/h2-6,13H,7-10H2,1H3,(H,19,24)(H,20,23). The Hall–Kier alpha value is -2.34. The number of benzene rings is 1. The molecule has 2 N–H and O–H groups in total. The molecule has 2 amide bonds. The first-order valence-electron chi connectivity index (χ1n) is 7.89. The molecule has 0 radical (unpaired) electrons. The summed E-state index contributed by atoms with van der Waals surface area (Å²) in [6.45, 7) is 2.15. The second-order valence-electron chi connectivity index (χ2n) is 5.92. The first kappa shape index (κ1) is 16.5. The summed E-state index contributed by atoms with van der Waals surface area (Å²) in [5.74, 6) is -0.570. The highest BCUT2D eigenvalue weighted by molar-refractivity contribution is 6.33. The van der Waals surface area contributed by atoms with Crippen LogP contribution in [0.4, 0.5) is 0 Å². The van der Waals surface area contributed by atoms with Crippen LogP contribution in [0, 0.1) is 6.92 Å². The second kappa shape index (κ2) is 7.05. The fourth-order valence-corrected chi connectivity index (χ4v) is 2.75. The van der Waals surface area contributed by atoms with Crippen LogP contribution in [0.2, 0.25) is 5.15 Å². The minimum atomic E-state index is -0.386. The van der Waals surface area contributed by atoms with Crippen LogP contribution in [-0.2, 0) is 11.3 Å². The molecule has 3 rings (SSSR count). The summed E-state index contributed by atoms with van der Waals surface area (Å²) in [4.78, 5) is 24.0. The number of aromatic nitrogens is 2. The topological polar surface area (TPSA) is 76.0 Å². The Kier molecular flexibility index (Phi) is 4.85. The first-order chi connectivity index (χ1) is 11.5. The predicted octanol–water partition coefficient (Wildman–Crippen LogP) is 1.90. The maximum atomic E-state index is 12.3. The fourth-order valence-electron chi connectivity index (χ4n) is 2.43. The van der Waals surface area contributed by atoms with E-state index in [1.54, 1.807) is 11.6 Å². The lowest BCUT2D eigenvalue weighted by atomic mass is 10.2. The summed E-state index contributed by atoms with van der Waals surface area (Å²) in [6, 6.07) is 10.0. The highest BCUT2D eigenvalue weighted by Crippen LogP contribution is 2.21. The van der Waals surface area contributed by atoms with Crippen molar-refractivity contribution >= 4 is 23.4 Å². The maximum absolute atomic E-state index is 12.3. The molecule has 0 spiro atoms. The minimum absolute atomic E-state index is 0.0605. The Morgan fingerprint density at radius 2 is 2.00 bits per heavy atom. The Bertz CT molecular complexity index is 753. The molecule has 1 saturated carbocycles. The molecule has 1 aromatic carbocycles. The summed E-state index contributed by atoms with van der Waals surface area (Å²) >= 11 is 6.32. The number of halogens is 1. The molecule has 24 heavy (non-hydrogen) atoms. The molecular formula is C17H19ClN4O2. The molecule has 0 atom stereocenters. The van der Waals surface area contributed by atoms with E-state index in [9.17, 15) is 9.59 Å². The number of carbonyl (C=O) groups is 2. The number of nitrogens with one attached hydrogen (secondary N) is 2. The first-order valence-corrected chi connectivity index (χ1v) is 8.27. The Balaban J connectivity index is 1.66. The van der Waals surface area contributed by atoms with E-state index in [-0.39, 0.29) is 29.6 Å². The molecule has 2 aromatic rings. The van der Waals surface area contributed by atoms with Crippen LogP contribution in [-0.4, -0.2) is 34.2 Å². The normalized spacial score (nSPS) is 13.6. The van der Waals surface area contributed by atoms with Crippen LogP contribution in [0.5, 0.6) is 0 Å². The molecule has 0 unspecified atom stereocenters. The van der Waals surface area contributed by atoms with Crippen LogP contribution in [0.1, 0.15) is 34.5 Å². The van der Waals surface area contributed by atoms with E-state index in [4.69, 9.17) is 11.6 Å². The zero-order valence-electron chi connectivity index (χ0n) is 13.4. The number of carbonyl (C=O) groups excluding carboxylic acids is 2. The lowest BCUT2D eigenvalue weighted by molar-refractivity contribution is -0.120. The highest BCUT2D eigenvalue weighted by Gasteiger charge is 2.24. The van der Waals surface area contributed by atoms with Crippen molar-refractivity contribution < 1.29 is 9.59 Å². The minimum Gasteiger partial charge on any atom is -0.352 e. The van der Waals surface area contributed by atoms with Crippen molar-refractivity contribution in [3.05, 3.63) is 52.3 Å². The van der Waals surface area contributed by atoms with Gasteiger partial charge in [-0.3, -0.25) is 9.59 Å². The van der Waals surface area contributed by atoms with Gasteiger partial charge in [0.15, 0.2) is 0 Å². The summed E-state index contributed by atoms with van der Waals surface area (Å²) in [5.41, 5.74) is 1.89. The Morgan fingerprint density at radius 3 is 2.67 bits per heavy atom. The molecule has 0 bridgehead atoms. The van der Waals surface area contributed by atoms with Gasteiger partial charge >= 0.3 is 0 Å². The quantitative estimate of drug-likeness (QED) is 0.838. The fraction of sp³-hybridized carbons (Fsp3) is 0.353. The third kappa shape index (κ3) is 3.94. The number of nitrogens with zero attached hydrogens (tertiary/aromatic N) is 2. The summed E-state index contributed by atoms with van der Waals surface area (Å²) in [6.07, 6.45) is 2.02. The molecule has 0 saturated heterocycles. The van der Waals surface area contributed by atoms with Crippen molar-refractivity contribution in [3.8, 4) is 0 Å². The van der Waals surface area contributed by atoms with Crippen molar-refractivity contribution in [2.75, 3.05) is 6.54 Å². The van der Waals surface area contributed by atoms with Gasteiger partial charge in [0.2, 0.25) is 5.91 Å². The Labute approximate surface area is 145 Å². The Morgan fingerprint density at radius 1 is 1.29 bits per heavy atom. The zero-order valence-corrected chi connectivity index (χ0v) is 14.1. The average Bonchev–Trinajstić information content (AvgIpc) is 3.32. The molecule has 0 aliphatic heterocycles. The number of amides is 2.